The topological polar surface area (TPSA) is 393 Å². The van der Waals surface area contributed by atoms with E-state index in [-0.39, 0.29) is 71.7 Å². The number of cyclic esters (lactones) is 2. The van der Waals surface area contributed by atoms with Gasteiger partial charge in [-0.1, -0.05) is 155 Å². The molecular weight excluding hydrogens is 1530 g/mol. The van der Waals surface area contributed by atoms with Crippen molar-refractivity contribution in [1.82, 2.24) is 26.6 Å². The summed E-state index contributed by atoms with van der Waals surface area (Å²) < 4.78 is 69.0. The Bertz CT molecular complexity index is 4960. The molecule has 3 aliphatic heterocycles. The van der Waals surface area contributed by atoms with Gasteiger partial charge in [-0.15, -0.1) is 0 Å². The number of alkyl carbamates (subject to hydrolysis) is 3. The van der Waals surface area contributed by atoms with Crippen LogP contribution in [0.5, 0.6) is 0 Å². The molecule has 6 amide bonds. The molecule has 4 aliphatic rings. The average molecular weight is 1630 g/mol. The summed E-state index contributed by atoms with van der Waals surface area (Å²) in [5, 5.41) is 13.3. The minimum atomic E-state index is -1.92. The van der Waals surface area contributed by atoms with E-state index in [4.69, 9.17) is 57.8 Å². The van der Waals surface area contributed by atoms with Crippen molar-refractivity contribution in [3.05, 3.63) is 272 Å². The van der Waals surface area contributed by atoms with Gasteiger partial charge in [0.1, 0.15) is 56.3 Å². The number of benzene rings is 8. The second-order valence-corrected chi connectivity index (χ2v) is 29.7. The number of amides is 6. The third-order valence-electron chi connectivity index (χ3n) is 20.8. The first-order valence-electron chi connectivity index (χ1n) is 39.1. The Morgan fingerprint density at radius 3 is 1.02 bits per heavy atom. The van der Waals surface area contributed by atoms with Crippen molar-refractivity contribution in [2.45, 2.75) is 153 Å². The maximum absolute atomic E-state index is 15.4. The standard InChI is InChI=1S/C90H92N6O23/c1-50-18-30-56(31-19-50)82(100)114-74-69-45-93-80(98)67(17-11-12-44-92-88(106)109-47-66-64-15-9-7-13-62(64)63-14-8-10-16-65(63)66)95-89(107)110-48-71-76(116-84(102)58-34-22-52(3)23-35-58)79(119-87(105)61-40-28-55(6)29-41-61)75(115-83(101)57-32-20-51(2)21-33-57)70(113-71)46-94-81(99)68(42-43-73(91)97)96-90(108)111-49-72(112-69)77(117-85(103)59-36-24-53(4)25-37-59)78(74)118-86(104)60-38-26-54(5)27-39-60/h7-10,13-16,18-41,66-72,74-79H,11-12,17,42-49H2,1-6H3,(H2,91,97)(H,92,106)(H,93,98)(H,94,99)(H,95,107)(H,96,108)/t67-,68-,69+,70+,71-,72-,74+,75+,76+,77-,78-,79-/m0/s1. The number of carbonyl (C=O) groups excluding carboxylic acids is 12. The van der Waals surface area contributed by atoms with Crippen LogP contribution in [0, 0.1) is 41.5 Å². The van der Waals surface area contributed by atoms with E-state index in [1.165, 1.54) is 72.8 Å². The lowest BCUT2D eigenvalue weighted by Crippen LogP contribution is -2.65. The third kappa shape index (κ3) is 22.3. The summed E-state index contributed by atoms with van der Waals surface area (Å²) in [4.78, 5) is 174. The van der Waals surface area contributed by atoms with E-state index < -0.39 is 184 Å². The molecule has 0 unspecified atom stereocenters. The summed E-state index contributed by atoms with van der Waals surface area (Å²) >= 11 is 0. The number of unbranched alkanes of at least 4 members (excludes halogenated alkanes) is 1. The average Bonchev–Trinajstić information content (AvgIpc) is 1.71. The van der Waals surface area contributed by atoms with Crippen LogP contribution in [-0.4, -0.2) is 184 Å². The number of esters is 6. The van der Waals surface area contributed by atoms with Crippen LogP contribution in [0.3, 0.4) is 0 Å². The molecule has 620 valence electrons. The minimum Gasteiger partial charge on any atom is -0.452 e. The fourth-order valence-corrected chi connectivity index (χ4v) is 14.2. The summed E-state index contributed by atoms with van der Waals surface area (Å²) in [6.45, 7) is 7.38. The van der Waals surface area contributed by atoms with Crippen LogP contribution in [-0.2, 0) is 66.5 Å². The molecular formula is C90H92N6O23. The molecule has 12 rings (SSSR count). The molecule has 119 heavy (non-hydrogen) atoms. The van der Waals surface area contributed by atoms with Gasteiger partial charge in [-0.3, -0.25) is 14.4 Å². The number of ether oxygens (including phenoxy) is 11. The number of carbonyl (C=O) groups is 12. The second kappa shape index (κ2) is 39.6. The van der Waals surface area contributed by atoms with E-state index in [9.17, 15) is 52.7 Å². The lowest BCUT2D eigenvalue weighted by molar-refractivity contribution is -0.227. The molecule has 29 heteroatoms. The Morgan fingerprint density at radius 1 is 0.387 bits per heavy atom. The van der Waals surface area contributed by atoms with Crippen LogP contribution < -0.4 is 32.3 Å². The smallest absolute Gasteiger partial charge is 0.407 e. The summed E-state index contributed by atoms with van der Waals surface area (Å²) in [6, 6.07) is 49.5. The zero-order valence-electron chi connectivity index (χ0n) is 66.2. The van der Waals surface area contributed by atoms with Crippen molar-refractivity contribution in [2.75, 3.05) is 39.5 Å². The molecule has 0 spiro atoms. The number of nitrogens with two attached hydrogens (primary N) is 1. The number of hydrogen-bond acceptors (Lipinski definition) is 23. The van der Waals surface area contributed by atoms with Crippen molar-refractivity contribution < 1.29 is 110 Å². The largest absolute Gasteiger partial charge is 0.452 e. The molecule has 0 radical (unpaired) electrons. The highest BCUT2D eigenvalue weighted by Crippen LogP contribution is 2.45. The molecule has 12 atom stereocenters. The molecule has 0 aromatic heterocycles. The first kappa shape index (κ1) is 85.1. The van der Waals surface area contributed by atoms with Gasteiger partial charge < -0.3 is 84.4 Å². The van der Waals surface area contributed by atoms with Gasteiger partial charge in [-0.05, 0) is 162 Å². The molecule has 1 aliphatic carbocycles. The molecule has 3 fully saturated rings. The maximum atomic E-state index is 15.4. The number of aryl methyl sites for hydroxylation is 6. The van der Waals surface area contributed by atoms with Crippen LogP contribution in [0.4, 0.5) is 14.4 Å². The Hall–Kier alpha value is -13.3. The third-order valence-corrected chi connectivity index (χ3v) is 20.8. The summed E-state index contributed by atoms with van der Waals surface area (Å²) in [6.07, 6.45) is -22.6. The van der Waals surface area contributed by atoms with Crippen LogP contribution in [0.25, 0.3) is 11.1 Å². The van der Waals surface area contributed by atoms with Crippen molar-refractivity contribution in [2.24, 2.45) is 5.73 Å². The lowest BCUT2D eigenvalue weighted by atomic mass is 9.93. The van der Waals surface area contributed by atoms with Crippen LogP contribution in [0.1, 0.15) is 145 Å². The van der Waals surface area contributed by atoms with Crippen molar-refractivity contribution in [3.8, 4) is 11.1 Å². The Kier molecular flexibility index (Phi) is 28.3. The Morgan fingerprint density at radius 2 is 0.689 bits per heavy atom. The fraction of sp³-hybridized carbons (Fsp3) is 0.333. The van der Waals surface area contributed by atoms with Crippen LogP contribution in [0.15, 0.2) is 194 Å². The number of nitrogens with one attached hydrogen (secondary N) is 5. The molecule has 29 nitrogen and oxygen atoms in total. The minimum absolute atomic E-state index is 0.00662. The van der Waals surface area contributed by atoms with Crippen LogP contribution in [0.2, 0.25) is 0 Å². The zero-order valence-corrected chi connectivity index (χ0v) is 66.2. The number of hydrogen-bond donors (Lipinski definition) is 6. The molecule has 3 saturated heterocycles. The second-order valence-electron chi connectivity index (χ2n) is 29.7. The fourth-order valence-electron chi connectivity index (χ4n) is 14.2. The Balaban J connectivity index is 0.916. The monoisotopic (exact) mass is 1620 g/mol. The summed E-state index contributed by atoms with van der Waals surface area (Å²) in [5.74, 6) is -9.31. The van der Waals surface area contributed by atoms with Gasteiger partial charge in [0, 0.05) is 32.0 Å². The zero-order chi connectivity index (χ0) is 84.4. The first-order chi connectivity index (χ1) is 57.3. The van der Waals surface area contributed by atoms with Gasteiger partial charge in [0.25, 0.3) is 0 Å². The molecule has 3 heterocycles. The quantitative estimate of drug-likeness (QED) is 0.0209. The van der Waals surface area contributed by atoms with Crippen molar-refractivity contribution >= 4 is 71.8 Å². The van der Waals surface area contributed by atoms with E-state index in [0.717, 1.165) is 55.6 Å². The summed E-state index contributed by atoms with van der Waals surface area (Å²) in [7, 11) is 0. The SMILES string of the molecule is Cc1ccc(C(=O)O[C@@H]2[C@@H](OC(=O)c3ccc(C)cc3)[C@@H]3COC(=O)N[C@@H](CCC(N)=O)C(=O)NC[C@H]4O[C@@H](COC(=O)N[C@@H](CCCCNC(=O)OCC5c6ccccc6-c6ccccc65)C(=O)NC[C@@H](O3)[C@H]2OC(=O)c2ccc(C)cc2)[C@@H](OC(=O)c2ccc(C)cc2)[C@@H](OC(=O)c2ccc(C)cc2)[C@@H]4OC(=O)c2ccc(C)cc2)cc1. The van der Waals surface area contributed by atoms with Gasteiger partial charge >= 0.3 is 54.1 Å². The highest BCUT2D eigenvalue weighted by Gasteiger charge is 2.55. The van der Waals surface area contributed by atoms with E-state index in [1.807, 2.05) is 48.5 Å². The first-order valence-corrected chi connectivity index (χ1v) is 39.1. The van der Waals surface area contributed by atoms with E-state index in [0.29, 0.717) is 0 Å². The Labute approximate surface area is 685 Å². The number of primary amides is 1. The van der Waals surface area contributed by atoms with Gasteiger partial charge in [-0.2, -0.15) is 0 Å². The highest BCUT2D eigenvalue weighted by molar-refractivity contribution is 5.94. The number of rotatable bonds is 22. The predicted molar refractivity (Wildman–Crippen MR) is 428 cm³/mol. The highest BCUT2D eigenvalue weighted by atomic mass is 16.7. The van der Waals surface area contributed by atoms with Crippen molar-refractivity contribution in [3.63, 3.8) is 0 Å². The molecule has 7 N–H and O–H groups in total. The molecule has 8 aromatic rings. The lowest BCUT2D eigenvalue weighted by Gasteiger charge is -2.45. The summed E-state index contributed by atoms with van der Waals surface area (Å²) in [5.41, 5.74) is 14.2. The van der Waals surface area contributed by atoms with Crippen LogP contribution >= 0.6 is 0 Å². The van der Waals surface area contributed by atoms with Crippen molar-refractivity contribution in [1.29, 1.82) is 0 Å². The maximum Gasteiger partial charge on any atom is 0.407 e. The van der Waals surface area contributed by atoms with E-state index in [1.54, 1.807) is 114 Å². The molecule has 0 saturated carbocycles. The normalized spacial score (nSPS) is 22.0. The number of fused-ring (bicyclic) bond motifs is 7. The predicted octanol–water partition coefficient (Wildman–Crippen LogP) is 10.1. The van der Waals surface area contributed by atoms with Gasteiger partial charge in [0.15, 0.2) is 36.6 Å². The van der Waals surface area contributed by atoms with Gasteiger partial charge in [0.05, 0.1) is 33.4 Å². The molecule has 8 aromatic carbocycles. The van der Waals surface area contributed by atoms with E-state index in [2.05, 4.69) is 26.6 Å². The molecule has 4 bridgehead atoms. The van der Waals surface area contributed by atoms with Gasteiger partial charge in [0.2, 0.25) is 17.7 Å². The van der Waals surface area contributed by atoms with E-state index >= 15 is 4.79 Å². The van der Waals surface area contributed by atoms with Gasteiger partial charge in [-0.25, -0.2) is 43.2 Å².